The number of rotatable bonds is 1. The van der Waals surface area contributed by atoms with Crippen molar-refractivity contribution in [3.63, 3.8) is 0 Å². The van der Waals surface area contributed by atoms with Crippen molar-refractivity contribution < 1.29 is 14.4 Å². The van der Waals surface area contributed by atoms with Gasteiger partial charge in [-0.25, -0.2) is 4.39 Å². The number of hydrogen-bond acceptors (Lipinski definition) is 3. The predicted molar refractivity (Wildman–Crippen MR) is 40.6 cm³/mol. The van der Waals surface area contributed by atoms with Gasteiger partial charge < -0.3 is 15.8 Å². The second-order valence-electron chi connectivity index (χ2n) is 2.12. The Morgan fingerprint density at radius 3 is 2.36 bits per heavy atom. The van der Waals surface area contributed by atoms with Gasteiger partial charge in [-0.15, -0.1) is 0 Å². The number of hydrogen-bond donors (Lipinski definition) is 3. The summed E-state index contributed by atoms with van der Waals surface area (Å²) in [7, 11) is -1.85. The largest absolute Gasteiger partial charge is 0.493 e. The van der Waals surface area contributed by atoms with Gasteiger partial charge in [0.2, 0.25) is 0 Å². The molecule has 0 fully saturated rings. The van der Waals surface area contributed by atoms with Gasteiger partial charge in [0.25, 0.3) is 0 Å². The van der Waals surface area contributed by atoms with Crippen LogP contribution in [0.3, 0.4) is 0 Å². The predicted octanol–water partition coefficient (Wildman–Crippen LogP) is -0.912. The second-order valence-corrected chi connectivity index (χ2v) is 2.12. The first kappa shape index (κ1) is 8.04. The van der Waals surface area contributed by atoms with E-state index in [2.05, 4.69) is 0 Å². The molecule has 0 aliphatic carbocycles. The fraction of sp³-hybridized carbons (Fsp3) is 0. The molecule has 0 bridgehead atoms. The summed E-state index contributed by atoms with van der Waals surface area (Å²) >= 11 is 0. The summed E-state index contributed by atoms with van der Waals surface area (Å²) in [5.74, 6) is -0.708. The molecule has 0 amide bonds. The summed E-state index contributed by atoms with van der Waals surface area (Å²) in [6.07, 6.45) is 0. The van der Waals surface area contributed by atoms with Crippen LogP contribution in [0.25, 0.3) is 0 Å². The fourth-order valence-electron chi connectivity index (χ4n) is 0.826. The Morgan fingerprint density at radius 2 is 2.00 bits per heavy atom. The highest BCUT2D eigenvalue weighted by Crippen LogP contribution is 2.02. The Kier molecular flexibility index (Phi) is 2.12. The number of nitrogens with two attached hydrogens (primary N) is 1. The lowest BCUT2D eigenvalue weighted by Crippen LogP contribution is -2.34. The molecule has 0 saturated carbocycles. The molecule has 58 valence electrons. The molecule has 0 unspecified atom stereocenters. The fourth-order valence-corrected chi connectivity index (χ4v) is 0.826. The Morgan fingerprint density at radius 1 is 1.36 bits per heavy atom. The first-order valence-electron chi connectivity index (χ1n) is 3.03. The van der Waals surface area contributed by atoms with Gasteiger partial charge in [0, 0.05) is 11.2 Å². The minimum atomic E-state index is -1.85. The van der Waals surface area contributed by atoms with Gasteiger partial charge in [0.05, 0.1) is 0 Å². The maximum Gasteiger partial charge on any atom is 0.493 e. The minimum absolute atomic E-state index is 0.0417. The summed E-state index contributed by atoms with van der Waals surface area (Å²) in [4.78, 5) is 0. The highest BCUT2D eigenvalue weighted by Gasteiger charge is 2.18. The molecule has 1 aromatic rings. The SMILES string of the molecule is Nc1cccc(F)c1B(O)O. The monoisotopic (exact) mass is 155 g/mol. The molecule has 1 aromatic carbocycles. The highest BCUT2D eigenvalue weighted by molar-refractivity contribution is 6.60. The molecule has 0 atom stereocenters. The van der Waals surface area contributed by atoms with Crippen LogP contribution >= 0.6 is 0 Å². The van der Waals surface area contributed by atoms with Crippen LogP contribution in [0, 0.1) is 5.82 Å². The quantitative estimate of drug-likeness (QED) is 0.363. The average Bonchev–Trinajstić information content (AvgIpc) is 1.85. The summed E-state index contributed by atoms with van der Waals surface area (Å²) in [6, 6.07) is 3.92. The van der Waals surface area contributed by atoms with Crippen molar-refractivity contribution in [3.8, 4) is 0 Å². The van der Waals surface area contributed by atoms with Gasteiger partial charge in [-0.1, -0.05) is 6.07 Å². The standard InChI is InChI=1S/C6H7BFNO2/c8-4-2-1-3-5(9)6(4)7(10)11/h1-3,10-11H,9H2. The molecular formula is C6H7BFNO2. The van der Waals surface area contributed by atoms with Gasteiger partial charge in [0.1, 0.15) is 5.82 Å². The lowest BCUT2D eigenvalue weighted by molar-refractivity contribution is 0.423. The third-order valence-electron chi connectivity index (χ3n) is 1.34. The van der Waals surface area contributed by atoms with Crippen molar-refractivity contribution in [3.05, 3.63) is 24.0 Å². The molecule has 4 N–H and O–H groups in total. The summed E-state index contributed by atoms with van der Waals surface area (Å²) < 4.78 is 12.7. The molecule has 0 heterocycles. The molecule has 0 saturated heterocycles. The lowest BCUT2D eigenvalue weighted by Gasteiger charge is -2.03. The van der Waals surface area contributed by atoms with E-state index in [4.69, 9.17) is 15.8 Å². The Balaban J connectivity index is 3.21. The van der Waals surface area contributed by atoms with E-state index in [1.807, 2.05) is 0 Å². The first-order chi connectivity index (χ1) is 5.13. The van der Waals surface area contributed by atoms with E-state index in [1.54, 1.807) is 0 Å². The Labute approximate surface area is 63.4 Å². The smallest absolute Gasteiger partial charge is 0.423 e. The Hall–Kier alpha value is -1.07. The molecule has 11 heavy (non-hydrogen) atoms. The van der Waals surface area contributed by atoms with Gasteiger partial charge >= 0.3 is 7.12 Å². The summed E-state index contributed by atoms with van der Waals surface area (Å²) in [5.41, 5.74) is 5.03. The lowest BCUT2D eigenvalue weighted by atomic mass is 9.78. The van der Waals surface area contributed by atoms with Crippen molar-refractivity contribution >= 4 is 18.3 Å². The van der Waals surface area contributed by atoms with E-state index in [0.29, 0.717) is 0 Å². The molecule has 0 aliphatic rings. The van der Waals surface area contributed by atoms with Crippen LogP contribution in [-0.2, 0) is 0 Å². The zero-order valence-corrected chi connectivity index (χ0v) is 5.66. The van der Waals surface area contributed by atoms with Crippen molar-refractivity contribution in [2.24, 2.45) is 0 Å². The van der Waals surface area contributed by atoms with Crippen molar-refractivity contribution in [2.45, 2.75) is 0 Å². The Bertz CT molecular complexity index is 247. The van der Waals surface area contributed by atoms with Gasteiger partial charge in [-0.05, 0) is 12.1 Å². The van der Waals surface area contributed by atoms with Gasteiger partial charge in [0.15, 0.2) is 0 Å². The van der Waals surface area contributed by atoms with E-state index >= 15 is 0 Å². The molecule has 0 radical (unpaired) electrons. The second kappa shape index (κ2) is 2.90. The number of nitrogen functional groups attached to an aromatic ring is 1. The maximum absolute atomic E-state index is 12.7. The topological polar surface area (TPSA) is 66.5 Å². The maximum atomic E-state index is 12.7. The van der Waals surface area contributed by atoms with E-state index in [0.717, 1.165) is 6.07 Å². The molecular weight excluding hydrogens is 148 g/mol. The molecule has 3 nitrogen and oxygen atoms in total. The van der Waals surface area contributed by atoms with E-state index in [1.165, 1.54) is 12.1 Å². The van der Waals surface area contributed by atoms with Crippen molar-refractivity contribution in [2.75, 3.05) is 5.73 Å². The first-order valence-corrected chi connectivity index (χ1v) is 3.03. The number of anilines is 1. The molecule has 0 aliphatic heterocycles. The number of halogens is 1. The summed E-state index contributed by atoms with van der Waals surface area (Å²) in [6.45, 7) is 0. The zero-order chi connectivity index (χ0) is 8.43. The molecule has 5 heteroatoms. The highest BCUT2D eigenvalue weighted by atomic mass is 19.1. The zero-order valence-electron chi connectivity index (χ0n) is 5.66. The molecule has 1 rings (SSSR count). The van der Waals surface area contributed by atoms with Crippen LogP contribution in [0.4, 0.5) is 10.1 Å². The van der Waals surface area contributed by atoms with Crippen LogP contribution in [-0.4, -0.2) is 17.2 Å². The van der Waals surface area contributed by atoms with Crippen molar-refractivity contribution in [1.82, 2.24) is 0 Å². The van der Waals surface area contributed by atoms with E-state index < -0.39 is 12.9 Å². The van der Waals surface area contributed by atoms with Crippen molar-refractivity contribution in [1.29, 1.82) is 0 Å². The van der Waals surface area contributed by atoms with Crippen LogP contribution in [0.2, 0.25) is 0 Å². The average molecular weight is 155 g/mol. The minimum Gasteiger partial charge on any atom is -0.423 e. The number of benzene rings is 1. The van der Waals surface area contributed by atoms with Crippen LogP contribution in [0.1, 0.15) is 0 Å². The van der Waals surface area contributed by atoms with Crippen LogP contribution < -0.4 is 11.2 Å². The normalized spacial score (nSPS) is 9.73. The van der Waals surface area contributed by atoms with Gasteiger partial charge in [-0.2, -0.15) is 0 Å². The molecule has 0 spiro atoms. The van der Waals surface area contributed by atoms with Gasteiger partial charge in [-0.3, -0.25) is 0 Å². The van der Waals surface area contributed by atoms with Crippen LogP contribution in [0.15, 0.2) is 18.2 Å². The van der Waals surface area contributed by atoms with E-state index in [-0.39, 0.29) is 11.2 Å². The molecule has 0 aromatic heterocycles. The summed E-state index contributed by atoms with van der Waals surface area (Å²) in [5, 5.41) is 17.2. The third-order valence-corrected chi connectivity index (χ3v) is 1.34. The third kappa shape index (κ3) is 1.50. The van der Waals surface area contributed by atoms with E-state index in [9.17, 15) is 4.39 Å². The van der Waals surface area contributed by atoms with Crippen LogP contribution in [0.5, 0.6) is 0 Å².